The van der Waals surface area contributed by atoms with Crippen molar-refractivity contribution < 1.29 is 23.7 Å². The van der Waals surface area contributed by atoms with E-state index in [-0.39, 0.29) is 11.1 Å². The second-order valence-corrected chi connectivity index (χ2v) is 10.8. The number of carbonyl (C=O) groups is 1. The maximum Gasteiger partial charge on any atom is 0.251 e. The number of aromatic nitrogens is 1. The van der Waals surface area contributed by atoms with E-state index in [9.17, 15) is 23.7 Å². The van der Waals surface area contributed by atoms with Crippen LogP contribution in [0.15, 0.2) is 42.5 Å². The maximum atomic E-state index is 14.8. The number of aliphatic hydroxyl groups is 1. The molecule has 5 N–H and O–H groups in total. The van der Waals surface area contributed by atoms with E-state index in [1.54, 1.807) is 51.1 Å². The summed E-state index contributed by atoms with van der Waals surface area (Å²) in [6.07, 6.45) is 0.334. The minimum Gasteiger partial charge on any atom is -0.386 e. The molecule has 0 spiro atoms. The lowest BCUT2D eigenvalue weighted by molar-refractivity contribution is 0.0782. The van der Waals surface area contributed by atoms with Crippen LogP contribution in [-0.4, -0.2) is 26.6 Å². The van der Waals surface area contributed by atoms with Crippen LogP contribution in [0.3, 0.4) is 0 Å². The third-order valence-electron chi connectivity index (χ3n) is 4.92. The van der Waals surface area contributed by atoms with Gasteiger partial charge in [0.05, 0.1) is 11.2 Å². The first-order valence-electron chi connectivity index (χ1n) is 9.88. The van der Waals surface area contributed by atoms with Crippen molar-refractivity contribution in [3.8, 4) is 10.4 Å². The van der Waals surface area contributed by atoms with Gasteiger partial charge < -0.3 is 21.1 Å². The van der Waals surface area contributed by atoms with Crippen molar-refractivity contribution in [1.29, 1.82) is 0 Å². The van der Waals surface area contributed by atoms with Crippen LogP contribution in [-0.2, 0) is 16.6 Å². The van der Waals surface area contributed by atoms with Crippen molar-refractivity contribution in [1.82, 2.24) is 4.98 Å². The monoisotopic (exact) mass is 477 g/mol. The largest absolute Gasteiger partial charge is 0.386 e. The summed E-state index contributed by atoms with van der Waals surface area (Å²) in [6, 6.07) is 11.2. The molecule has 3 aromatic rings. The Morgan fingerprint density at radius 3 is 2.62 bits per heavy atom. The molecule has 32 heavy (non-hydrogen) atoms. The average Bonchev–Trinajstić information content (AvgIpc) is 3.11. The molecule has 170 valence electrons. The van der Waals surface area contributed by atoms with Gasteiger partial charge in [-0.05, 0) is 43.7 Å². The minimum atomic E-state index is -2.66. The van der Waals surface area contributed by atoms with Crippen molar-refractivity contribution >= 4 is 36.1 Å². The molecule has 1 aromatic carbocycles. The molecule has 0 radical (unpaired) electrons. The summed E-state index contributed by atoms with van der Waals surface area (Å²) < 4.78 is 26.1. The molecule has 1 amide bonds. The van der Waals surface area contributed by atoms with Gasteiger partial charge in [0.15, 0.2) is 8.03 Å². The van der Waals surface area contributed by atoms with Gasteiger partial charge in [0.2, 0.25) is 0 Å². The fraction of sp³-hybridized carbons (Fsp3) is 0.273. The van der Waals surface area contributed by atoms with E-state index >= 15 is 0 Å². The zero-order chi connectivity index (χ0) is 23.6. The molecule has 7 nitrogen and oxygen atoms in total. The summed E-state index contributed by atoms with van der Waals surface area (Å²) >= 11 is 1.15. The van der Waals surface area contributed by atoms with Crippen LogP contribution >= 0.6 is 19.4 Å². The van der Waals surface area contributed by atoms with Gasteiger partial charge in [-0.15, -0.1) is 11.3 Å². The molecule has 3 rings (SSSR count). The summed E-state index contributed by atoms with van der Waals surface area (Å²) in [5.41, 5.74) is 5.47. The van der Waals surface area contributed by atoms with Gasteiger partial charge in [-0.25, -0.2) is 9.37 Å². The number of pyridine rings is 1. The van der Waals surface area contributed by atoms with Crippen LogP contribution < -0.4 is 11.1 Å². The number of thiophene rings is 1. The van der Waals surface area contributed by atoms with Crippen molar-refractivity contribution in [2.24, 2.45) is 5.73 Å². The molecular weight excluding hydrogens is 452 g/mol. The van der Waals surface area contributed by atoms with Gasteiger partial charge in [0.25, 0.3) is 5.91 Å². The normalized spacial score (nSPS) is 13.6. The number of halogens is 1. The Kier molecular flexibility index (Phi) is 7.15. The molecule has 2 heterocycles. The number of primary amides is 1. The highest BCUT2D eigenvalue weighted by atomic mass is 32.1. The second-order valence-electron chi connectivity index (χ2n) is 8.05. The van der Waals surface area contributed by atoms with Crippen molar-refractivity contribution in [3.05, 3.63) is 65.1 Å². The number of nitrogens with zero attached hydrogens (tertiary/aromatic N) is 1. The van der Waals surface area contributed by atoms with Gasteiger partial charge in [-0.3, -0.25) is 9.36 Å². The van der Waals surface area contributed by atoms with Crippen LogP contribution in [0.25, 0.3) is 10.4 Å². The number of amides is 1. The molecule has 2 atom stereocenters. The minimum absolute atomic E-state index is 0.192. The van der Waals surface area contributed by atoms with Gasteiger partial charge in [-0.2, -0.15) is 0 Å². The molecule has 2 aromatic heterocycles. The zero-order valence-corrected chi connectivity index (χ0v) is 19.7. The smallest absolute Gasteiger partial charge is 0.251 e. The standard InChI is InChI=1S/C22H25FN3O4PS/c1-12(31(29)30)9-14-5-4-6-19(25-14)26-21-16(20(24)27)11-18(32-21)15-8-7-13(10-17(15)23)22(2,3)28/h4-8,10-12,28,31H,9H2,1-3H3,(H2,24,27)(H,25,26)(H,29,30). The highest BCUT2D eigenvalue weighted by Gasteiger charge is 2.21. The van der Waals surface area contributed by atoms with E-state index in [1.807, 2.05) is 0 Å². The average molecular weight is 477 g/mol. The van der Waals surface area contributed by atoms with Crippen LogP contribution in [0.1, 0.15) is 42.4 Å². The first kappa shape index (κ1) is 24.1. The van der Waals surface area contributed by atoms with Gasteiger partial charge in [-0.1, -0.05) is 25.1 Å². The SMILES string of the molecule is CC(Cc1cccc(Nc2sc(-c3ccc(C(C)(C)O)cc3F)cc2C(N)=O)n1)[PH](=O)O. The Bertz CT molecular complexity index is 1180. The van der Waals surface area contributed by atoms with E-state index in [1.165, 1.54) is 12.1 Å². The number of hydrogen-bond donors (Lipinski definition) is 4. The zero-order valence-electron chi connectivity index (χ0n) is 17.8. The number of anilines is 2. The highest BCUT2D eigenvalue weighted by molar-refractivity contribution is 7.38. The Hall–Kier alpha value is -2.58. The fourth-order valence-corrected chi connectivity index (χ4v) is 4.56. The Morgan fingerprint density at radius 2 is 2.03 bits per heavy atom. The van der Waals surface area contributed by atoms with Gasteiger partial charge in [0, 0.05) is 28.2 Å². The molecule has 0 bridgehead atoms. The lowest BCUT2D eigenvalue weighted by atomic mass is 9.96. The van der Waals surface area contributed by atoms with Crippen LogP contribution in [0.4, 0.5) is 15.2 Å². The molecule has 10 heteroatoms. The number of carbonyl (C=O) groups excluding carboxylic acids is 1. The number of nitrogens with two attached hydrogens (primary N) is 1. The molecule has 0 aliphatic heterocycles. The van der Waals surface area contributed by atoms with Crippen LogP contribution in [0, 0.1) is 5.82 Å². The van der Waals surface area contributed by atoms with E-state index in [0.29, 0.717) is 33.4 Å². The van der Waals surface area contributed by atoms with Gasteiger partial charge in [0.1, 0.15) is 16.6 Å². The molecule has 0 saturated carbocycles. The Morgan fingerprint density at radius 1 is 1.31 bits per heavy atom. The number of nitrogens with one attached hydrogen (secondary N) is 1. The third-order valence-corrected chi connectivity index (χ3v) is 7.05. The Labute approximate surface area is 190 Å². The van der Waals surface area contributed by atoms with Gasteiger partial charge >= 0.3 is 0 Å². The molecule has 0 fully saturated rings. The van der Waals surface area contributed by atoms with Crippen molar-refractivity contribution in [2.75, 3.05) is 5.32 Å². The second kappa shape index (κ2) is 9.50. The summed E-state index contributed by atoms with van der Waals surface area (Å²) in [4.78, 5) is 26.2. The molecule has 2 unspecified atom stereocenters. The summed E-state index contributed by atoms with van der Waals surface area (Å²) in [5.74, 6) is -0.769. The first-order chi connectivity index (χ1) is 15.0. The van der Waals surface area contributed by atoms with Crippen molar-refractivity contribution in [3.63, 3.8) is 0 Å². The predicted molar refractivity (Wildman–Crippen MR) is 125 cm³/mol. The summed E-state index contributed by atoms with van der Waals surface area (Å²) in [5, 5.41) is 13.6. The number of hydrogen-bond acceptors (Lipinski definition) is 6. The predicted octanol–water partition coefficient (Wildman–Crippen LogP) is 4.42. The number of benzene rings is 1. The lowest BCUT2D eigenvalue weighted by Gasteiger charge is -2.18. The van der Waals surface area contributed by atoms with E-state index in [4.69, 9.17) is 5.73 Å². The van der Waals surface area contributed by atoms with Crippen LogP contribution in [0.2, 0.25) is 0 Å². The lowest BCUT2D eigenvalue weighted by Crippen LogP contribution is -2.15. The summed E-state index contributed by atoms with van der Waals surface area (Å²) in [6.45, 7) is 4.82. The molecule has 0 aliphatic carbocycles. The topological polar surface area (TPSA) is 126 Å². The fourth-order valence-electron chi connectivity index (χ4n) is 3.08. The highest BCUT2D eigenvalue weighted by Crippen LogP contribution is 2.38. The summed E-state index contributed by atoms with van der Waals surface area (Å²) in [7, 11) is -2.66. The number of rotatable bonds is 8. The van der Waals surface area contributed by atoms with E-state index < -0.39 is 31.0 Å². The molecule has 0 aliphatic rings. The maximum absolute atomic E-state index is 14.8. The first-order valence-corrected chi connectivity index (χ1v) is 12.1. The van der Waals surface area contributed by atoms with E-state index in [2.05, 4.69) is 10.3 Å². The third kappa shape index (κ3) is 5.61. The van der Waals surface area contributed by atoms with E-state index in [0.717, 1.165) is 11.3 Å². The van der Waals surface area contributed by atoms with Crippen LogP contribution in [0.5, 0.6) is 0 Å². The molecule has 0 saturated heterocycles. The Balaban J connectivity index is 1.93. The molecular formula is C22H25FN3O4PS. The van der Waals surface area contributed by atoms with Crippen molar-refractivity contribution in [2.45, 2.75) is 38.5 Å². The quantitative estimate of drug-likeness (QED) is 0.356.